The molecule has 1 atom stereocenters. The van der Waals surface area contributed by atoms with Crippen molar-refractivity contribution >= 4 is 35.6 Å². The number of hydrogen-bond donors (Lipinski definition) is 2. The van der Waals surface area contributed by atoms with Gasteiger partial charge in [-0.25, -0.2) is 8.78 Å². The van der Waals surface area contributed by atoms with E-state index in [0.29, 0.717) is 6.54 Å². The molecule has 0 radical (unpaired) electrons. The van der Waals surface area contributed by atoms with Crippen LogP contribution in [0.1, 0.15) is 44.9 Å². The van der Waals surface area contributed by atoms with Crippen molar-refractivity contribution in [2.45, 2.75) is 56.7 Å². The van der Waals surface area contributed by atoms with E-state index in [2.05, 4.69) is 10.3 Å². The normalized spacial score (nSPS) is 23.1. The number of halogens is 3. The molecule has 4 nitrogen and oxygen atoms in total. The SMILES string of the molecule is I.NC(=NCC1CCC2(CCCCC2)O1)Nc1cc(F)ccc1F. The number of anilines is 1. The van der Waals surface area contributed by atoms with Crippen LogP contribution in [0.5, 0.6) is 0 Å². The van der Waals surface area contributed by atoms with Crippen LogP contribution in [0, 0.1) is 11.6 Å². The molecular weight excluding hydrogens is 427 g/mol. The van der Waals surface area contributed by atoms with Crippen molar-refractivity contribution in [3.05, 3.63) is 29.8 Å². The van der Waals surface area contributed by atoms with Gasteiger partial charge in [-0.1, -0.05) is 19.3 Å². The molecule has 1 spiro atoms. The summed E-state index contributed by atoms with van der Waals surface area (Å²) in [5.74, 6) is -1.02. The molecule has 2 aliphatic rings. The number of nitrogens with zero attached hydrogens (tertiary/aromatic N) is 1. The number of benzene rings is 1. The van der Waals surface area contributed by atoms with E-state index < -0.39 is 11.6 Å². The first-order chi connectivity index (χ1) is 11.1. The monoisotopic (exact) mass is 451 g/mol. The van der Waals surface area contributed by atoms with Gasteiger partial charge in [0.15, 0.2) is 5.96 Å². The smallest absolute Gasteiger partial charge is 0.193 e. The van der Waals surface area contributed by atoms with Gasteiger partial charge in [0.1, 0.15) is 11.6 Å². The van der Waals surface area contributed by atoms with Crippen molar-refractivity contribution in [2.24, 2.45) is 10.7 Å². The Morgan fingerprint density at radius 2 is 2.00 bits per heavy atom. The van der Waals surface area contributed by atoms with Gasteiger partial charge < -0.3 is 15.8 Å². The maximum atomic E-state index is 13.5. The zero-order chi connectivity index (χ0) is 16.3. The summed E-state index contributed by atoms with van der Waals surface area (Å²) in [7, 11) is 0. The summed E-state index contributed by atoms with van der Waals surface area (Å²) in [6.07, 6.45) is 8.15. The van der Waals surface area contributed by atoms with Crippen LogP contribution >= 0.6 is 24.0 Å². The molecule has 3 rings (SSSR count). The molecule has 0 aromatic heterocycles. The van der Waals surface area contributed by atoms with Crippen LogP contribution < -0.4 is 11.1 Å². The Bertz CT molecular complexity index is 591. The number of guanidine groups is 1. The minimum atomic E-state index is -0.567. The number of hydrogen-bond acceptors (Lipinski definition) is 2. The highest BCUT2D eigenvalue weighted by molar-refractivity contribution is 14.0. The van der Waals surface area contributed by atoms with Crippen LogP contribution in [0.2, 0.25) is 0 Å². The minimum Gasteiger partial charge on any atom is -0.370 e. The largest absolute Gasteiger partial charge is 0.370 e. The maximum Gasteiger partial charge on any atom is 0.193 e. The van der Waals surface area contributed by atoms with E-state index in [9.17, 15) is 8.78 Å². The first-order valence-corrected chi connectivity index (χ1v) is 8.26. The van der Waals surface area contributed by atoms with Crippen molar-refractivity contribution in [1.82, 2.24) is 0 Å². The number of nitrogens with one attached hydrogen (secondary N) is 1. The quantitative estimate of drug-likeness (QED) is 0.412. The molecule has 1 aliphatic heterocycles. The minimum absolute atomic E-state index is 0. The molecule has 1 saturated heterocycles. The standard InChI is InChI=1S/C17H23F2N3O.HI/c18-12-4-5-14(19)15(10-12)22-16(20)21-11-13-6-9-17(23-13)7-2-1-3-8-17;/h4-5,10,13H,1-3,6-9,11H2,(H3,20,21,22);1H. The van der Waals surface area contributed by atoms with Gasteiger partial charge in [-0.3, -0.25) is 4.99 Å². The van der Waals surface area contributed by atoms with Gasteiger partial charge in [0, 0.05) is 6.07 Å². The average Bonchev–Trinajstić information content (AvgIpc) is 2.92. The average molecular weight is 451 g/mol. The molecule has 1 aliphatic carbocycles. The molecule has 3 N–H and O–H groups in total. The third-order valence-electron chi connectivity index (χ3n) is 4.76. The number of ether oxygens (including phenoxy) is 1. The zero-order valence-electron chi connectivity index (χ0n) is 13.6. The fourth-order valence-corrected chi connectivity index (χ4v) is 3.56. The van der Waals surface area contributed by atoms with E-state index in [1.165, 1.54) is 19.3 Å². The van der Waals surface area contributed by atoms with Crippen LogP contribution in [-0.4, -0.2) is 24.2 Å². The molecule has 2 fully saturated rings. The summed E-state index contributed by atoms with van der Waals surface area (Å²) in [5, 5.41) is 2.60. The van der Waals surface area contributed by atoms with Gasteiger partial charge in [0.2, 0.25) is 0 Å². The highest BCUT2D eigenvalue weighted by atomic mass is 127. The molecule has 0 bridgehead atoms. The van der Waals surface area contributed by atoms with E-state index in [1.54, 1.807) is 0 Å². The molecule has 1 saturated carbocycles. The van der Waals surface area contributed by atoms with Crippen molar-refractivity contribution in [3.63, 3.8) is 0 Å². The Hall–Kier alpha value is -0.960. The Balaban J connectivity index is 0.00000208. The van der Waals surface area contributed by atoms with Crippen molar-refractivity contribution in [3.8, 4) is 0 Å². The van der Waals surface area contributed by atoms with Crippen molar-refractivity contribution < 1.29 is 13.5 Å². The van der Waals surface area contributed by atoms with E-state index >= 15 is 0 Å². The fourth-order valence-electron chi connectivity index (χ4n) is 3.56. The molecule has 7 heteroatoms. The predicted molar refractivity (Wildman–Crippen MR) is 102 cm³/mol. The summed E-state index contributed by atoms with van der Waals surface area (Å²) < 4.78 is 32.9. The van der Waals surface area contributed by atoms with Crippen LogP contribution in [-0.2, 0) is 4.74 Å². The van der Waals surface area contributed by atoms with E-state index in [-0.39, 0.29) is 47.3 Å². The second-order valence-electron chi connectivity index (χ2n) is 6.50. The maximum absolute atomic E-state index is 13.5. The van der Waals surface area contributed by atoms with Gasteiger partial charge in [-0.15, -0.1) is 24.0 Å². The zero-order valence-corrected chi connectivity index (χ0v) is 15.9. The molecule has 1 unspecified atom stereocenters. The predicted octanol–water partition coefficient (Wildman–Crippen LogP) is 4.19. The van der Waals surface area contributed by atoms with Gasteiger partial charge in [-0.05, 0) is 37.8 Å². The molecule has 24 heavy (non-hydrogen) atoms. The molecular formula is C17H24F2IN3O. The van der Waals surface area contributed by atoms with Gasteiger partial charge in [0.25, 0.3) is 0 Å². The molecule has 1 aromatic carbocycles. The summed E-state index contributed by atoms with van der Waals surface area (Å²) in [6, 6.07) is 3.17. The van der Waals surface area contributed by atoms with Crippen LogP contribution in [0.4, 0.5) is 14.5 Å². The Labute approximate surface area is 158 Å². The first-order valence-electron chi connectivity index (χ1n) is 8.26. The molecule has 0 amide bonds. The lowest BCUT2D eigenvalue weighted by atomic mass is 9.83. The Kier molecular flexibility index (Phi) is 6.79. The Morgan fingerprint density at radius 1 is 1.25 bits per heavy atom. The Morgan fingerprint density at radius 3 is 2.75 bits per heavy atom. The third-order valence-corrected chi connectivity index (χ3v) is 4.76. The molecule has 1 heterocycles. The lowest BCUT2D eigenvalue weighted by Gasteiger charge is -2.33. The summed E-state index contributed by atoms with van der Waals surface area (Å²) in [5.41, 5.74) is 5.81. The number of nitrogens with two attached hydrogens (primary N) is 1. The van der Waals surface area contributed by atoms with Crippen LogP contribution in [0.25, 0.3) is 0 Å². The highest BCUT2D eigenvalue weighted by Crippen LogP contribution is 2.41. The van der Waals surface area contributed by atoms with E-state index in [0.717, 1.165) is 43.9 Å². The summed E-state index contributed by atoms with van der Waals surface area (Å²) in [4.78, 5) is 4.22. The second kappa shape index (κ2) is 8.42. The summed E-state index contributed by atoms with van der Waals surface area (Å²) >= 11 is 0. The van der Waals surface area contributed by atoms with Crippen molar-refractivity contribution in [1.29, 1.82) is 0 Å². The second-order valence-corrected chi connectivity index (χ2v) is 6.50. The van der Waals surface area contributed by atoms with E-state index in [1.807, 2.05) is 0 Å². The first kappa shape index (κ1) is 19.4. The molecule has 1 aromatic rings. The number of rotatable bonds is 3. The van der Waals surface area contributed by atoms with Gasteiger partial charge >= 0.3 is 0 Å². The van der Waals surface area contributed by atoms with Crippen LogP contribution in [0.3, 0.4) is 0 Å². The van der Waals surface area contributed by atoms with E-state index in [4.69, 9.17) is 10.5 Å². The lowest BCUT2D eigenvalue weighted by molar-refractivity contribution is -0.0598. The summed E-state index contributed by atoms with van der Waals surface area (Å²) in [6.45, 7) is 0.442. The third kappa shape index (κ3) is 4.78. The van der Waals surface area contributed by atoms with Crippen LogP contribution in [0.15, 0.2) is 23.2 Å². The van der Waals surface area contributed by atoms with Crippen molar-refractivity contribution in [2.75, 3.05) is 11.9 Å². The van der Waals surface area contributed by atoms with Gasteiger partial charge in [-0.2, -0.15) is 0 Å². The van der Waals surface area contributed by atoms with Gasteiger partial charge in [0.05, 0.1) is 23.9 Å². The number of aliphatic imine (C=N–C) groups is 1. The lowest BCUT2D eigenvalue weighted by Crippen LogP contribution is -2.32. The molecule has 134 valence electrons. The fraction of sp³-hybridized carbons (Fsp3) is 0.588. The highest BCUT2D eigenvalue weighted by Gasteiger charge is 2.40. The topological polar surface area (TPSA) is 59.6 Å².